The van der Waals surface area contributed by atoms with Gasteiger partial charge in [0.15, 0.2) is 5.01 Å². The van der Waals surface area contributed by atoms with Crippen LogP contribution in [0.1, 0.15) is 23.2 Å². The summed E-state index contributed by atoms with van der Waals surface area (Å²) in [5.41, 5.74) is 1.31. The molecular formula is C20H19ClN4O3S. The van der Waals surface area contributed by atoms with Gasteiger partial charge in [0.05, 0.1) is 12.1 Å². The van der Waals surface area contributed by atoms with Crippen LogP contribution < -0.4 is 15.4 Å². The number of rotatable bonds is 8. The van der Waals surface area contributed by atoms with E-state index in [1.807, 2.05) is 18.2 Å². The average molecular weight is 431 g/mol. The van der Waals surface area contributed by atoms with Crippen molar-refractivity contribution in [2.24, 2.45) is 0 Å². The number of nitrogens with one attached hydrogen (secondary N) is 2. The highest BCUT2D eigenvalue weighted by Crippen LogP contribution is 2.31. The molecule has 0 aliphatic rings. The molecule has 2 aromatic carbocycles. The number of benzene rings is 2. The lowest BCUT2D eigenvalue weighted by atomic mass is 10.2. The Morgan fingerprint density at radius 3 is 2.59 bits per heavy atom. The van der Waals surface area contributed by atoms with Crippen molar-refractivity contribution in [3.63, 3.8) is 0 Å². The Hall–Kier alpha value is -2.97. The van der Waals surface area contributed by atoms with Crippen molar-refractivity contribution >= 4 is 39.9 Å². The van der Waals surface area contributed by atoms with E-state index in [2.05, 4.69) is 20.8 Å². The molecule has 0 atom stereocenters. The van der Waals surface area contributed by atoms with Gasteiger partial charge in [-0.05, 0) is 36.8 Å². The second-order valence-corrected chi connectivity index (χ2v) is 7.41. The molecule has 2 amide bonds. The quantitative estimate of drug-likeness (QED) is 0.526. The number of nitrogens with zero attached hydrogens (tertiary/aromatic N) is 2. The van der Waals surface area contributed by atoms with Crippen LogP contribution in [0.25, 0.3) is 10.6 Å². The molecule has 0 unspecified atom stereocenters. The normalized spacial score (nSPS) is 10.4. The zero-order chi connectivity index (χ0) is 20.6. The van der Waals surface area contributed by atoms with Crippen molar-refractivity contribution < 1.29 is 14.3 Å². The smallest absolute Gasteiger partial charge is 0.251 e. The van der Waals surface area contributed by atoms with Crippen molar-refractivity contribution in [1.82, 2.24) is 15.5 Å². The first-order chi connectivity index (χ1) is 14.1. The van der Waals surface area contributed by atoms with Gasteiger partial charge in [-0.15, -0.1) is 10.2 Å². The van der Waals surface area contributed by atoms with Crippen LogP contribution in [0.2, 0.25) is 5.02 Å². The van der Waals surface area contributed by atoms with E-state index >= 15 is 0 Å². The Labute approximate surface area is 177 Å². The van der Waals surface area contributed by atoms with Gasteiger partial charge in [-0.25, -0.2) is 0 Å². The number of anilines is 1. The largest absolute Gasteiger partial charge is 0.497 e. The number of halogens is 1. The summed E-state index contributed by atoms with van der Waals surface area (Å²) >= 11 is 7.41. The molecule has 3 aromatic rings. The molecule has 9 heteroatoms. The highest BCUT2D eigenvalue weighted by Gasteiger charge is 2.12. The third kappa shape index (κ3) is 5.75. The summed E-state index contributed by atoms with van der Waals surface area (Å²) in [6.07, 6.45) is 0.758. The molecule has 29 heavy (non-hydrogen) atoms. The van der Waals surface area contributed by atoms with Gasteiger partial charge in [-0.2, -0.15) is 0 Å². The first kappa shape index (κ1) is 20.8. The standard InChI is InChI=1S/C20H19ClN4O3S/c1-28-14-10-8-13(9-11-14)18(27)22-12-4-7-17(26)23-20-25-24-19(29-20)15-5-2-3-6-16(15)21/h2-3,5-6,8-11H,4,7,12H2,1H3,(H,22,27)(H,23,25,26). The summed E-state index contributed by atoms with van der Waals surface area (Å²) in [6.45, 7) is 0.388. The fourth-order valence-electron chi connectivity index (χ4n) is 2.49. The molecule has 1 aromatic heterocycles. The third-order valence-corrected chi connectivity index (χ3v) is 5.20. The Morgan fingerprint density at radius 2 is 1.86 bits per heavy atom. The molecule has 1 heterocycles. The zero-order valence-electron chi connectivity index (χ0n) is 15.6. The van der Waals surface area contributed by atoms with Crippen LogP contribution in [0.3, 0.4) is 0 Å². The first-order valence-corrected chi connectivity index (χ1v) is 10.1. The zero-order valence-corrected chi connectivity index (χ0v) is 17.2. The fraction of sp³-hybridized carbons (Fsp3) is 0.200. The number of carbonyl (C=O) groups excluding carboxylic acids is 2. The Bertz CT molecular complexity index is 991. The van der Waals surface area contributed by atoms with Crippen LogP contribution in [0.4, 0.5) is 5.13 Å². The molecule has 7 nitrogen and oxygen atoms in total. The van der Waals surface area contributed by atoms with E-state index in [0.29, 0.717) is 39.4 Å². The minimum absolute atomic E-state index is 0.189. The Kier molecular flexibility index (Phi) is 7.15. The topological polar surface area (TPSA) is 93.2 Å². The number of hydrogen-bond donors (Lipinski definition) is 2. The van der Waals surface area contributed by atoms with Crippen molar-refractivity contribution in [2.75, 3.05) is 19.0 Å². The second-order valence-electron chi connectivity index (χ2n) is 6.03. The maximum atomic E-state index is 12.1. The lowest BCUT2D eigenvalue weighted by Gasteiger charge is -2.06. The molecule has 0 spiro atoms. The summed E-state index contributed by atoms with van der Waals surface area (Å²) in [5, 5.41) is 15.2. The van der Waals surface area contributed by atoms with Crippen LogP contribution in [0, 0.1) is 0 Å². The first-order valence-electron chi connectivity index (χ1n) is 8.87. The van der Waals surface area contributed by atoms with E-state index in [1.54, 1.807) is 37.4 Å². The molecule has 0 fully saturated rings. The molecule has 0 saturated heterocycles. The number of ether oxygens (including phenoxy) is 1. The number of methoxy groups -OCH3 is 1. The lowest BCUT2D eigenvalue weighted by molar-refractivity contribution is -0.116. The van der Waals surface area contributed by atoms with E-state index in [0.717, 1.165) is 5.56 Å². The van der Waals surface area contributed by atoms with Gasteiger partial charge in [0.2, 0.25) is 11.0 Å². The maximum absolute atomic E-state index is 12.1. The molecular weight excluding hydrogens is 412 g/mol. The molecule has 150 valence electrons. The minimum Gasteiger partial charge on any atom is -0.497 e. The van der Waals surface area contributed by atoms with E-state index < -0.39 is 0 Å². The van der Waals surface area contributed by atoms with E-state index in [-0.39, 0.29) is 18.2 Å². The van der Waals surface area contributed by atoms with Gasteiger partial charge in [0.1, 0.15) is 5.75 Å². The summed E-state index contributed by atoms with van der Waals surface area (Å²) in [7, 11) is 1.57. The van der Waals surface area contributed by atoms with Gasteiger partial charge >= 0.3 is 0 Å². The Morgan fingerprint density at radius 1 is 1.10 bits per heavy atom. The summed E-state index contributed by atoms with van der Waals surface area (Å²) in [6, 6.07) is 14.1. The van der Waals surface area contributed by atoms with Gasteiger partial charge in [-0.3, -0.25) is 9.59 Å². The predicted molar refractivity (Wildman–Crippen MR) is 114 cm³/mol. The van der Waals surface area contributed by atoms with Gasteiger partial charge < -0.3 is 15.4 Å². The van der Waals surface area contributed by atoms with Crippen LogP contribution in [0.15, 0.2) is 48.5 Å². The number of carbonyl (C=O) groups is 2. The summed E-state index contributed by atoms with van der Waals surface area (Å²) in [5.74, 6) is 0.305. The van der Waals surface area contributed by atoms with Crippen molar-refractivity contribution in [1.29, 1.82) is 0 Å². The number of amides is 2. The number of aromatic nitrogens is 2. The Balaban J connectivity index is 1.42. The third-order valence-electron chi connectivity index (χ3n) is 3.99. The molecule has 0 aliphatic heterocycles. The highest BCUT2D eigenvalue weighted by molar-refractivity contribution is 7.18. The summed E-state index contributed by atoms with van der Waals surface area (Å²) in [4.78, 5) is 24.2. The fourth-order valence-corrected chi connectivity index (χ4v) is 3.57. The molecule has 0 saturated carbocycles. The van der Waals surface area contributed by atoms with Gasteiger partial charge in [0.25, 0.3) is 5.91 Å². The highest BCUT2D eigenvalue weighted by atomic mass is 35.5. The predicted octanol–water partition coefficient (Wildman–Crippen LogP) is 4.02. The van der Waals surface area contributed by atoms with Crippen molar-refractivity contribution in [3.05, 3.63) is 59.1 Å². The van der Waals surface area contributed by atoms with Crippen LogP contribution in [0.5, 0.6) is 5.75 Å². The van der Waals surface area contributed by atoms with Crippen LogP contribution in [-0.4, -0.2) is 35.7 Å². The summed E-state index contributed by atoms with van der Waals surface area (Å²) < 4.78 is 5.06. The molecule has 0 aliphatic carbocycles. The van der Waals surface area contributed by atoms with Crippen molar-refractivity contribution in [3.8, 4) is 16.3 Å². The van der Waals surface area contributed by atoms with E-state index in [9.17, 15) is 9.59 Å². The molecule has 0 radical (unpaired) electrons. The SMILES string of the molecule is COc1ccc(C(=O)NCCCC(=O)Nc2nnc(-c3ccccc3Cl)s2)cc1. The second kappa shape index (κ2) is 9.99. The lowest BCUT2D eigenvalue weighted by Crippen LogP contribution is -2.25. The van der Waals surface area contributed by atoms with Crippen LogP contribution in [-0.2, 0) is 4.79 Å². The van der Waals surface area contributed by atoms with E-state index in [1.165, 1.54) is 11.3 Å². The van der Waals surface area contributed by atoms with Crippen LogP contribution >= 0.6 is 22.9 Å². The molecule has 0 bridgehead atoms. The monoisotopic (exact) mass is 430 g/mol. The van der Waals surface area contributed by atoms with Gasteiger partial charge in [-0.1, -0.05) is 41.1 Å². The minimum atomic E-state index is -0.193. The van der Waals surface area contributed by atoms with Gasteiger partial charge in [0, 0.05) is 24.1 Å². The van der Waals surface area contributed by atoms with Crippen molar-refractivity contribution in [2.45, 2.75) is 12.8 Å². The maximum Gasteiger partial charge on any atom is 0.251 e. The molecule has 3 rings (SSSR count). The van der Waals surface area contributed by atoms with E-state index in [4.69, 9.17) is 16.3 Å². The molecule has 2 N–H and O–H groups in total. The number of hydrogen-bond acceptors (Lipinski definition) is 6. The average Bonchev–Trinajstić information content (AvgIpc) is 3.19.